The number of anilines is 2. The summed E-state index contributed by atoms with van der Waals surface area (Å²) in [6.45, 7) is 6.31. The first-order valence-corrected chi connectivity index (χ1v) is 7.61. The number of nitrogens with zero attached hydrogens (tertiary/aromatic N) is 2. The van der Waals surface area contributed by atoms with Gasteiger partial charge in [-0.15, -0.1) is 0 Å². The van der Waals surface area contributed by atoms with Gasteiger partial charge in [-0.1, -0.05) is 36.9 Å². The Labute approximate surface area is 140 Å². The molecule has 0 spiro atoms. The molecule has 1 aliphatic rings. The summed E-state index contributed by atoms with van der Waals surface area (Å²) in [5, 5.41) is 5.62. The van der Waals surface area contributed by atoms with E-state index in [1.165, 1.54) is 5.01 Å². The summed E-state index contributed by atoms with van der Waals surface area (Å²) in [6.07, 6.45) is 0. The number of carbonyl (C=O) groups excluding carboxylic acids is 1. The van der Waals surface area contributed by atoms with E-state index >= 15 is 0 Å². The van der Waals surface area contributed by atoms with Gasteiger partial charge >= 0.3 is 0 Å². The molecule has 0 aliphatic carbocycles. The van der Waals surface area contributed by atoms with Gasteiger partial charge in [0.25, 0.3) is 5.91 Å². The largest absolute Gasteiger partial charge is 0.492 e. The highest BCUT2D eigenvalue weighted by atomic mass is 16.5. The lowest BCUT2D eigenvalue weighted by atomic mass is 10.3. The van der Waals surface area contributed by atoms with E-state index in [0.29, 0.717) is 23.7 Å². The van der Waals surface area contributed by atoms with E-state index in [2.05, 4.69) is 22.5 Å². The van der Waals surface area contributed by atoms with Crippen LogP contribution in [0.15, 0.2) is 72.0 Å². The molecule has 0 aromatic heterocycles. The van der Waals surface area contributed by atoms with Crippen LogP contribution in [0.3, 0.4) is 0 Å². The molecule has 122 valence electrons. The molecule has 1 aliphatic heterocycles. The highest BCUT2D eigenvalue weighted by Gasteiger charge is 2.32. The molecule has 0 unspecified atom stereocenters. The van der Waals surface area contributed by atoms with Crippen molar-refractivity contribution in [1.82, 2.24) is 5.43 Å². The number of para-hydroxylation sites is 3. The van der Waals surface area contributed by atoms with Crippen LogP contribution in [0, 0.1) is 0 Å². The van der Waals surface area contributed by atoms with Crippen molar-refractivity contribution >= 4 is 23.0 Å². The molecule has 2 aromatic rings. The van der Waals surface area contributed by atoms with Crippen molar-refractivity contribution in [2.24, 2.45) is 5.10 Å². The number of carbonyl (C=O) groups is 1. The van der Waals surface area contributed by atoms with Gasteiger partial charge in [-0.25, -0.2) is 5.01 Å². The van der Waals surface area contributed by atoms with Crippen LogP contribution in [0.25, 0.3) is 0 Å². The Morgan fingerprint density at radius 1 is 1.17 bits per heavy atom. The Hall–Kier alpha value is -3.28. The summed E-state index contributed by atoms with van der Waals surface area (Å²) in [4.78, 5) is 12.5. The molecule has 1 heterocycles. The van der Waals surface area contributed by atoms with Crippen molar-refractivity contribution in [2.45, 2.75) is 6.92 Å². The van der Waals surface area contributed by atoms with Crippen molar-refractivity contribution in [3.8, 4) is 5.75 Å². The summed E-state index contributed by atoms with van der Waals surface area (Å²) in [5.41, 5.74) is 7.89. The SMILES string of the molecule is C=C1NN(c2ccccc2)C(=O)C1=NNc1ccccc1OCC. The molecule has 0 radical (unpaired) electrons. The molecule has 0 bridgehead atoms. The van der Waals surface area contributed by atoms with Gasteiger partial charge in [0.15, 0.2) is 5.71 Å². The van der Waals surface area contributed by atoms with Gasteiger partial charge in [0.2, 0.25) is 0 Å². The molecule has 3 rings (SSSR count). The van der Waals surface area contributed by atoms with Crippen LogP contribution >= 0.6 is 0 Å². The molecule has 0 saturated carbocycles. The lowest BCUT2D eigenvalue weighted by Crippen LogP contribution is -2.34. The van der Waals surface area contributed by atoms with Crippen LogP contribution in [-0.2, 0) is 4.79 Å². The molecule has 1 fully saturated rings. The van der Waals surface area contributed by atoms with Gasteiger partial charge in [-0.2, -0.15) is 5.10 Å². The number of nitrogens with one attached hydrogen (secondary N) is 2. The fourth-order valence-electron chi connectivity index (χ4n) is 2.30. The zero-order chi connectivity index (χ0) is 16.9. The summed E-state index contributed by atoms with van der Waals surface area (Å²) in [7, 11) is 0. The lowest BCUT2D eigenvalue weighted by molar-refractivity contribution is -0.112. The minimum Gasteiger partial charge on any atom is -0.492 e. The Morgan fingerprint density at radius 2 is 1.88 bits per heavy atom. The fraction of sp³-hybridized carbons (Fsp3) is 0.111. The molecule has 1 saturated heterocycles. The van der Waals surface area contributed by atoms with E-state index in [-0.39, 0.29) is 11.6 Å². The van der Waals surface area contributed by atoms with Crippen LogP contribution in [0.4, 0.5) is 11.4 Å². The van der Waals surface area contributed by atoms with E-state index in [4.69, 9.17) is 4.74 Å². The highest BCUT2D eigenvalue weighted by Crippen LogP contribution is 2.24. The second-order valence-corrected chi connectivity index (χ2v) is 5.07. The molecular weight excluding hydrogens is 304 g/mol. The van der Waals surface area contributed by atoms with Gasteiger partial charge in [-0.3, -0.25) is 15.6 Å². The standard InChI is InChI=1S/C18H18N4O2/c1-3-24-16-12-8-7-11-15(16)19-20-17-13(2)21-22(18(17)23)14-9-5-4-6-10-14/h4-12,19,21H,2-3H2,1H3. The molecule has 6 heteroatoms. The molecule has 2 N–H and O–H groups in total. The third kappa shape index (κ3) is 3.08. The maximum absolute atomic E-state index is 12.5. The van der Waals surface area contributed by atoms with Crippen LogP contribution in [0.5, 0.6) is 5.75 Å². The Bertz CT molecular complexity index is 787. The topological polar surface area (TPSA) is 66.0 Å². The highest BCUT2D eigenvalue weighted by molar-refractivity contribution is 6.51. The molecule has 0 atom stereocenters. The number of ether oxygens (including phenoxy) is 1. The average Bonchev–Trinajstić information content (AvgIpc) is 2.89. The quantitative estimate of drug-likeness (QED) is 0.831. The predicted molar refractivity (Wildman–Crippen MR) is 94.9 cm³/mol. The van der Waals surface area contributed by atoms with Gasteiger partial charge in [0, 0.05) is 0 Å². The Balaban J connectivity index is 1.81. The van der Waals surface area contributed by atoms with Gasteiger partial charge < -0.3 is 4.74 Å². The number of hydrogen-bond donors (Lipinski definition) is 2. The first kappa shape index (κ1) is 15.6. The zero-order valence-corrected chi connectivity index (χ0v) is 13.3. The first-order chi connectivity index (χ1) is 11.7. The number of hydrazone groups is 1. The third-order valence-corrected chi connectivity index (χ3v) is 3.43. The summed E-state index contributed by atoms with van der Waals surface area (Å²) >= 11 is 0. The molecule has 24 heavy (non-hydrogen) atoms. The first-order valence-electron chi connectivity index (χ1n) is 7.61. The number of amides is 1. The smallest absolute Gasteiger partial charge is 0.299 e. The normalized spacial score (nSPS) is 15.5. The monoisotopic (exact) mass is 322 g/mol. The Morgan fingerprint density at radius 3 is 2.62 bits per heavy atom. The van der Waals surface area contributed by atoms with E-state index in [1.807, 2.05) is 61.5 Å². The number of benzene rings is 2. The minimum atomic E-state index is -0.271. The average molecular weight is 322 g/mol. The van der Waals surface area contributed by atoms with Gasteiger partial charge in [-0.05, 0) is 31.2 Å². The van der Waals surface area contributed by atoms with Gasteiger partial charge in [0.05, 0.1) is 23.7 Å². The van der Waals surface area contributed by atoms with E-state index in [0.717, 1.165) is 5.69 Å². The summed E-state index contributed by atoms with van der Waals surface area (Å²) in [6, 6.07) is 16.7. The number of hydrogen-bond acceptors (Lipinski definition) is 5. The molecular formula is C18H18N4O2. The predicted octanol–water partition coefficient (Wildman–Crippen LogP) is 2.92. The summed E-state index contributed by atoms with van der Waals surface area (Å²) < 4.78 is 5.53. The van der Waals surface area contributed by atoms with Gasteiger partial charge in [0.1, 0.15) is 5.75 Å². The Kier molecular flexibility index (Phi) is 4.47. The van der Waals surface area contributed by atoms with E-state index in [1.54, 1.807) is 0 Å². The van der Waals surface area contributed by atoms with Crippen LogP contribution < -0.4 is 20.6 Å². The van der Waals surface area contributed by atoms with Crippen molar-refractivity contribution in [3.05, 3.63) is 66.9 Å². The van der Waals surface area contributed by atoms with Crippen molar-refractivity contribution < 1.29 is 9.53 Å². The van der Waals surface area contributed by atoms with Crippen molar-refractivity contribution in [2.75, 3.05) is 17.0 Å². The number of hydrazine groups is 1. The maximum Gasteiger partial charge on any atom is 0.299 e. The minimum absolute atomic E-state index is 0.227. The number of rotatable bonds is 5. The summed E-state index contributed by atoms with van der Waals surface area (Å²) in [5.74, 6) is 0.404. The molecule has 6 nitrogen and oxygen atoms in total. The maximum atomic E-state index is 12.5. The van der Waals surface area contributed by atoms with Crippen molar-refractivity contribution in [1.29, 1.82) is 0 Å². The van der Waals surface area contributed by atoms with Crippen LogP contribution in [-0.4, -0.2) is 18.2 Å². The zero-order valence-electron chi connectivity index (χ0n) is 13.3. The van der Waals surface area contributed by atoms with Crippen LogP contribution in [0.2, 0.25) is 0 Å². The second-order valence-electron chi connectivity index (χ2n) is 5.07. The fourth-order valence-corrected chi connectivity index (χ4v) is 2.30. The van der Waals surface area contributed by atoms with Crippen LogP contribution in [0.1, 0.15) is 6.92 Å². The molecule has 2 aromatic carbocycles. The lowest BCUT2D eigenvalue weighted by Gasteiger charge is -2.14. The van der Waals surface area contributed by atoms with Crippen molar-refractivity contribution in [3.63, 3.8) is 0 Å². The third-order valence-electron chi connectivity index (χ3n) is 3.43. The van der Waals surface area contributed by atoms with E-state index in [9.17, 15) is 4.79 Å². The second kappa shape index (κ2) is 6.87. The van der Waals surface area contributed by atoms with E-state index < -0.39 is 0 Å². The molecule has 1 amide bonds.